The molecule has 0 rings (SSSR count). The summed E-state index contributed by atoms with van der Waals surface area (Å²) in [7, 11) is -3.85. The van der Waals surface area contributed by atoms with Crippen molar-refractivity contribution in [3.63, 3.8) is 0 Å². The van der Waals surface area contributed by atoms with Gasteiger partial charge in [-0.05, 0) is 12.8 Å². The van der Waals surface area contributed by atoms with E-state index >= 15 is 0 Å². The largest absolute Gasteiger partial charge is 0.381 e. The smallest absolute Gasteiger partial charge is 0.264 e. The molecule has 0 spiro atoms. The van der Waals surface area contributed by atoms with Crippen LogP contribution in [0.1, 0.15) is 19.8 Å². The minimum absolute atomic E-state index is 0.0701. The highest BCUT2D eigenvalue weighted by atomic mass is 32.2. The van der Waals surface area contributed by atoms with Gasteiger partial charge in [0.2, 0.25) is 0 Å². The third-order valence-electron chi connectivity index (χ3n) is 1.62. The Balaban J connectivity index is 3.61. The van der Waals surface area contributed by atoms with Crippen LogP contribution < -0.4 is 0 Å². The molecule has 0 aliphatic rings. The molecule has 0 saturated carbocycles. The number of hydrogen-bond acceptors (Lipinski definition) is 4. The second-order valence-electron chi connectivity index (χ2n) is 2.90. The van der Waals surface area contributed by atoms with Gasteiger partial charge in [0.25, 0.3) is 10.1 Å². The molecular weight excluding hydrogens is 194 g/mol. The van der Waals surface area contributed by atoms with Crippen molar-refractivity contribution in [2.24, 2.45) is 0 Å². The van der Waals surface area contributed by atoms with Gasteiger partial charge in [0, 0.05) is 13.1 Å². The molecule has 0 aromatic carbocycles. The molecule has 2 N–H and O–H groups in total. The number of aliphatic hydroxyl groups excluding tert-OH is 1. The number of rotatable bonds is 7. The SMILES string of the molecule is CCCN(CO)CCCS(=O)(=O)O. The Morgan fingerprint density at radius 2 is 1.92 bits per heavy atom. The first kappa shape index (κ1) is 12.8. The number of aliphatic hydroxyl groups is 1. The molecule has 6 heteroatoms. The van der Waals surface area contributed by atoms with Crippen LogP contribution in [0, 0.1) is 0 Å². The Kier molecular flexibility index (Phi) is 6.23. The molecule has 0 aliphatic heterocycles. The third kappa shape index (κ3) is 8.17. The lowest BCUT2D eigenvalue weighted by molar-refractivity contribution is 0.107. The fourth-order valence-electron chi connectivity index (χ4n) is 1.04. The predicted molar refractivity (Wildman–Crippen MR) is 50.0 cm³/mol. The van der Waals surface area contributed by atoms with Gasteiger partial charge >= 0.3 is 0 Å². The minimum atomic E-state index is -3.85. The van der Waals surface area contributed by atoms with Gasteiger partial charge in [-0.2, -0.15) is 8.42 Å². The fraction of sp³-hybridized carbons (Fsp3) is 1.00. The first-order chi connectivity index (χ1) is 5.99. The van der Waals surface area contributed by atoms with Crippen LogP contribution in [-0.4, -0.2) is 48.6 Å². The number of hydrogen-bond donors (Lipinski definition) is 2. The summed E-state index contributed by atoms with van der Waals surface area (Å²) >= 11 is 0. The van der Waals surface area contributed by atoms with Crippen LogP contribution in [-0.2, 0) is 10.1 Å². The molecule has 0 aromatic rings. The van der Waals surface area contributed by atoms with Gasteiger partial charge in [0.1, 0.15) is 0 Å². The topological polar surface area (TPSA) is 77.8 Å². The van der Waals surface area contributed by atoms with Crippen LogP contribution in [0.15, 0.2) is 0 Å². The summed E-state index contributed by atoms with van der Waals surface area (Å²) in [6.07, 6.45) is 1.26. The van der Waals surface area contributed by atoms with E-state index in [-0.39, 0.29) is 12.5 Å². The minimum Gasteiger partial charge on any atom is -0.381 e. The highest BCUT2D eigenvalue weighted by Crippen LogP contribution is 1.95. The Morgan fingerprint density at radius 1 is 1.31 bits per heavy atom. The third-order valence-corrected chi connectivity index (χ3v) is 2.42. The molecule has 5 nitrogen and oxygen atoms in total. The van der Waals surface area contributed by atoms with E-state index in [9.17, 15) is 8.42 Å². The normalized spacial score (nSPS) is 12.3. The predicted octanol–water partition coefficient (Wildman–Crippen LogP) is -0.0739. The fourth-order valence-corrected chi connectivity index (χ4v) is 1.53. The summed E-state index contributed by atoms with van der Waals surface area (Å²) < 4.78 is 29.1. The van der Waals surface area contributed by atoms with E-state index in [4.69, 9.17) is 9.66 Å². The van der Waals surface area contributed by atoms with E-state index in [2.05, 4.69) is 0 Å². The van der Waals surface area contributed by atoms with Crippen molar-refractivity contribution in [1.82, 2.24) is 4.90 Å². The lowest BCUT2D eigenvalue weighted by Gasteiger charge is -2.17. The molecular formula is C7H17NO4S. The van der Waals surface area contributed by atoms with E-state index in [0.29, 0.717) is 13.0 Å². The van der Waals surface area contributed by atoms with Crippen molar-refractivity contribution < 1.29 is 18.1 Å². The van der Waals surface area contributed by atoms with Crippen molar-refractivity contribution in [2.45, 2.75) is 19.8 Å². The highest BCUT2D eigenvalue weighted by Gasteiger charge is 2.06. The van der Waals surface area contributed by atoms with Crippen molar-refractivity contribution in [3.8, 4) is 0 Å². The van der Waals surface area contributed by atoms with Gasteiger partial charge in [-0.1, -0.05) is 6.92 Å². The molecule has 0 bridgehead atoms. The molecule has 0 aliphatic carbocycles. The van der Waals surface area contributed by atoms with Gasteiger partial charge in [-0.15, -0.1) is 0 Å². The first-order valence-electron chi connectivity index (χ1n) is 4.28. The lowest BCUT2D eigenvalue weighted by Crippen LogP contribution is -2.27. The molecule has 0 amide bonds. The summed E-state index contributed by atoms with van der Waals surface area (Å²) in [5.74, 6) is -0.243. The van der Waals surface area contributed by atoms with E-state index < -0.39 is 10.1 Å². The molecule has 0 heterocycles. The standard InChI is InChI=1S/C7H17NO4S/c1-2-4-8(7-9)5-3-6-13(10,11)12/h9H,2-7H2,1H3,(H,10,11,12). The van der Waals surface area contributed by atoms with Crippen LogP contribution >= 0.6 is 0 Å². The molecule has 0 fully saturated rings. The van der Waals surface area contributed by atoms with Crippen molar-refractivity contribution in [3.05, 3.63) is 0 Å². The second kappa shape index (κ2) is 6.31. The summed E-state index contributed by atoms with van der Waals surface area (Å²) in [4.78, 5) is 1.73. The van der Waals surface area contributed by atoms with Gasteiger partial charge in [-0.25, -0.2) is 0 Å². The molecule has 0 aromatic heterocycles. The number of nitrogens with zero attached hydrogens (tertiary/aromatic N) is 1. The van der Waals surface area contributed by atoms with E-state index in [1.165, 1.54) is 0 Å². The molecule has 13 heavy (non-hydrogen) atoms. The summed E-state index contributed by atoms with van der Waals surface area (Å²) in [5.41, 5.74) is 0. The maximum atomic E-state index is 10.3. The Morgan fingerprint density at radius 3 is 2.31 bits per heavy atom. The zero-order valence-corrected chi connectivity index (χ0v) is 8.63. The Labute approximate surface area is 79.1 Å². The van der Waals surface area contributed by atoms with E-state index in [1.807, 2.05) is 6.92 Å². The second-order valence-corrected chi connectivity index (χ2v) is 4.47. The van der Waals surface area contributed by atoms with Crippen molar-refractivity contribution in [1.29, 1.82) is 0 Å². The first-order valence-corrected chi connectivity index (χ1v) is 5.89. The van der Waals surface area contributed by atoms with Gasteiger partial charge < -0.3 is 5.11 Å². The van der Waals surface area contributed by atoms with Gasteiger partial charge in [-0.3, -0.25) is 9.45 Å². The van der Waals surface area contributed by atoms with Crippen LogP contribution in [0.3, 0.4) is 0 Å². The molecule has 0 radical (unpaired) electrons. The quantitative estimate of drug-likeness (QED) is 0.455. The maximum absolute atomic E-state index is 10.3. The molecule has 0 unspecified atom stereocenters. The zero-order chi connectivity index (χ0) is 10.3. The van der Waals surface area contributed by atoms with Crippen LogP contribution in [0.5, 0.6) is 0 Å². The molecule has 0 atom stereocenters. The van der Waals surface area contributed by atoms with Gasteiger partial charge in [0.05, 0.1) is 12.5 Å². The van der Waals surface area contributed by atoms with Crippen LogP contribution in [0.4, 0.5) is 0 Å². The van der Waals surface area contributed by atoms with E-state index in [0.717, 1.165) is 13.0 Å². The summed E-state index contributed by atoms with van der Waals surface area (Å²) in [5, 5.41) is 8.80. The average molecular weight is 211 g/mol. The zero-order valence-electron chi connectivity index (χ0n) is 7.81. The maximum Gasteiger partial charge on any atom is 0.264 e. The van der Waals surface area contributed by atoms with E-state index in [1.54, 1.807) is 4.90 Å². The molecule has 0 saturated heterocycles. The van der Waals surface area contributed by atoms with Crippen molar-refractivity contribution >= 4 is 10.1 Å². The van der Waals surface area contributed by atoms with Gasteiger partial charge in [0.15, 0.2) is 0 Å². The Hall–Kier alpha value is -0.170. The average Bonchev–Trinajstić information content (AvgIpc) is 2.01. The summed E-state index contributed by atoms with van der Waals surface area (Å²) in [6.45, 7) is 3.14. The Bertz CT molecular complexity index is 215. The summed E-state index contributed by atoms with van der Waals surface area (Å²) in [6, 6.07) is 0. The van der Waals surface area contributed by atoms with Crippen LogP contribution in [0.25, 0.3) is 0 Å². The lowest BCUT2D eigenvalue weighted by atomic mass is 10.4. The molecule has 80 valence electrons. The highest BCUT2D eigenvalue weighted by molar-refractivity contribution is 7.85. The van der Waals surface area contributed by atoms with Crippen molar-refractivity contribution in [2.75, 3.05) is 25.6 Å². The van der Waals surface area contributed by atoms with Crippen LogP contribution in [0.2, 0.25) is 0 Å². The monoisotopic (exact) mass is 211 g/mol.